The predicted molar refractivity (Wildman–Crippen MR) is 114 cm³/mol. The number of anilines is 1. The molecule has 3 N–H and O–H groups in total. The average Bonchev–Trinajstić information content (AvgIpc) is 2.78. The fourth-order valence-corrected chi connectivity index (χ4v) is 3.96. The second-order valence-electron chi connectivity index (χ2n) is 7.76. The molecule has 2 amide bonds. The van der Waals surface area contributed by atoms with E-state index < -0.39 is 6.10 Å². The van der Waals surface area contributed by atoms with Crippen LogP contribution in [0.25, 0.3) is 0 Å². The van der Waals surface area contributed by atoms with Gasteiger partial charge < -0.3 is 25.4 Å². The SMILES string of the molecule is COc1cccc2c1OC(C(=O)N1CCC(N)CC1)CC2.O=C1Nc2ccccc21. The maximum Gasteiger partial charge on any atom is 0.263 e. The highest BCUT2D eigenvalue weighted by molar-refractivity contribution is 6.17. The highest BCUT2D eigenvalue weighted by Gasteiger charge is 2.32. The van der Waals surface area contributed by atoms with Crippen molar-refractivity contribution in [2.45, 2.75) is 37.8 Å². The summed E-state index contributed by atoms with van der Waals surface area (Å²) >= 11 is 0. The lowest BCUT2D eigenvalue weighted by Crippen LogP contribution is -2.49. The molecule has 1 saturated heterocycles. The number of hydrogen-bond acceptors (Lipinski definition) is 5. The van der Waals surface area contributed by atoms with Crippen molar-refractivity contribution < 1.29 is 19.1 Å². The molecule has 7 nitrogen and oxygen atoms in total. The van der Waals surface area contributed by atoms with Crippen LogP contribution in [-0.2, 0) is 11.2 Å². The number of hydrogen-bond donors (Lipinski definition) is 2. The average molecular weight is 409 g/mol. The van der Waals surface area contributed by atoms with Gasteiger partial charge in [0, 0.05) is 19.1 Å². The minimum absolute atomic E-state index is 0.0330. The third-order valence-corrected chi connectivity index (χ3v) is 5.76. The first-order valence-electron chi connectivity index (χ1n) is 10.3. The van der Waals surface area contributed by atoms with Crippen molar-refractivity contribution in [1.29, 1.82) is 0 Å². The number of nitrogens with one attached hydrogen (secondary N) is 1. The number of amides is 2. The standard InChI is InChI=1S/C16H22N2O3.C7H5NO/c1-20-13-4-2-3-11-5-6-14(21-15(11)13)16(19)18-9-7-12(17)8-10-18;9-7-5-3-1-2-4-6(5)8-7/h2-4,12,14H,5-10,17H2,1H3;1-4H,(H,8,9). The molecule has 0 saturated carbocycles. The third-order valence-electron chi connectivity index (χ3n) is 5.76. The lowest BCUT2D eigenvalue weighted by atomic mass is 9.99. The number of para-hydroxylation sites is 2. The Morgan fingerprint density at radius 3 is 2.57 bits per heavy atom. The molecule has 5 rings (SSSR count). The van der Waals surface area contributed by atoms with Gasteiger partial charge in [-0.2, -0.15) is 0 Å². The zero-order valence-electron chi connectivity index (χ0n) is 17.1. The molecule has 0 aliphatic carbocycles. The summed E-state index contributed by atoms with van der Waals surface area (Å²) in [6, 6.07) is 13.5. The summed E-state index contributed by atoms with van der Waals surface area (Å²) in [4.78, 5) is 25.1. The van der Waals surface area contributed by atoms with E-state index >= 15 is 0 Å². The van der Waals surface area contributed by atoms with Crippen LogP contribution in [0.5, 0.6) is 11.5 Å². The number of rotatable bonds is 2. The van der Waals surface area contributed by atoms with Crippen LogP contribution in [0.15, 0.2) is 42.5 Å². The first-order chi connectivity index (χ1) is 14.6. The Hall–Kier alpha value is -3.06. The fourth-order valence-electron chi connectivity index (χ4n) is 3.96. The van der Waals surface area contributed by atoms with Crippen LogP contribution < -0.4 is 20.5 Å². The largest absolute Gasteiger partial charge is 0.493 e. The van der Waals surface area contributed by atoms with Gasteiger partial charge in [-0.1, -0.05) is 24.3 Å². The lowest BCUT2D eigenvalue weighted by Gasteiger charge is -2.34. The number of carbonyl (C=O) groups excluding carboxylic acids is 2. The molecule has 2 aromatic rings. The van der Waals surface area contributed by atoms with Crippen molar-refractivity contribution in [3.63, 3.8) is 0 Å². The number of nitrogens with zero attached hydrogens (tertiary/aromatic N) is 1. The molecule has 7 heteroatoms. The second-order valence-corrected chi connectivity index (χ2v) is 7.76. The summed E-state index contributed by atoms with van der Waals surface area (Å²) < 4.78 is 11.3. The third kappa shape index (κ3) is 4.11. The van der Waals surface area contributed by atoms with E-state index in [4.69, 9.17) is 15.2 Å². The number of aryl methyl sites for hydroxylation is 1. The molecule has 3 aliphatic rings. The van der Waals surface area contributed by atoms with Gasteiger partial charge in [-0.25, -0.2) is 0 Å². The number of ether oxygens (including phenoxy) is 2. The van der Waals surface area contributed by atoms with Gasteiger partial charge in [-0.05, 0) is 49.4 Å². The Morgan fingerprint density at radius 2 is 1.90 bits per heavy atom. The molecule has 1 fully saturated rings. The van der Waals surface area contributed by atoms with Gasteiger partial charge in [0.05, 0.1) is 18.4 Å². The van der Waals surface area contributed by atoms with Crippen molar-refractivity contribution in [3.8, 4) is 11.5 Å². The predicted octanol–water partition coefficient (Wildman–Crippen LogP) is 2.59. The van der Waals surface area contributed by atoms with E-state index in [1.807, 2.05) is 47.4 Å². The van der Waals surface area contributed by atoms with Crippen LogP contribution in [0.2, 0.25) is 0 Å². The Morgan fingerprint density at radius 1 is 1.13 bits per heavy atom. The first kappa shape index (κ1) is 20.2. The minimum Gasteiger partial charge on any atom is -0.493 e. The second kappa shape index (κ2) is 8.75. The zero-order valence-corrected chi connectivity index (χ0v) is 17.1. The smallest absolute Gasteiger partial charge is 0.263 e. The molecule has 158 valence electrons. The summed E-state index contributed by atoms with van der Waals surface area (Å²) in [7, 11) is 1.62. The Labute approximate surface area is 176 Å². The van der Waals surface area contributed by atoms with Gasteiger partial charge >= 0.3 is 0 Å². The van der Waals surface area contributed by atoms with E-state index in [1.165, 1.54) is 0 Å². The van der Waals surface area contributed by atoms with Crippen molar-refractivity contribution in [3.05, 3.63) is 53.6 Å². The molecule has 0 aromatic heterocycles. The van der Waals surface area contributed by atoms with Crippen LogP contribution in [0.4, 0.5) is 5.69 Å². The number of nitrogens with two attached hydrogens (primary N) is 1. The van der Waals surface area contributed by atoms with Gasteiger partial charge in [0.1, 0.15) is 0 Å². The van der Waals surface area contributed by atoms with E-state index in [0.29, 0.717) is 5.75 Å². The van der Waals surface area contributed by atoms with Crippen LogP contribution in [0.1, 0.15) is 35.2 Å². The van der Waals surface area contributed by atoms with Crippen molar-refractivity contribution >= 4 is 17.5 Å². The molecule has 1 unspecified atom stereocenters. The first-order valence-corrected chi connectivity index (χ1v) is 10.3. The summed E-state index contributed by atoms with van der Waals surface area (Å²) in [6.45, 7) is 1.47. The summed E-state index contributed by atoms with van der Waals surface area (Å²) in [5.74, 6) is 1.54. The zero-order chi connectivity index (χ0) is 21.1. The molecule has 3 aliphatic heterocycles. The van der Waals surface area contributed by atoms with Crippen LogP contribution in [0, 0.1) is 0 Å². The number of methoxy groups -OCH3 is 1. The normalized spacial score (nSPS) is 19.7. The molecule has 0 spiro atoms. The van der Waals surface area contributed by atoms with Gasteiger partial charge in [0.15, 0.2) is 17.6 Å². The molecular weight excluding hydrogens is 382 g/mol. The summed E-state index contributed by atoms with van der Waals surface area (Å²) in [5, 5.41) is 2.65. The van der Waals surface area contributed by atoms with Gasteiger partial charge in [0.25, 0.3) is 11.8 Å². The molecular formula is C23H27N3O4. The van der Waals surface area contributed by atoms with Gasteiger partial charge in [-0.15, -0.1) is 0 Å². The van der Waals surface area contributed by atoms with E-state index in [9.17, 15) is 9.59 Å². The number of fused-ring (bicyclic) bond motifs is 2. The maximum atomic E-state index is 12.6. The van der Waals surface area contributed by atoms with E-state index in [0.717, 1.165) is 61.3 Å². The lowest BCUT2D eigenvalue weighted by molar-refractivity contribution is -0.140. The topological polar surface area (TPSA) is 93.9 Å². The van der Waals surface area contributed by atoms with Crippen LogP contribution in [-0.4, -0.2) is 49.1 Å². The van der Waals surface area contributed by atoms with E-state index in [2.05, 4.69) is 5.32 Å². The minimum atomic E-state index is -0.400. The van der Waals surface area contributed by atoms with Crippen LogP contribution >= 0.6 is 0 Å². The highest BCUT2D eigenvalue weighted by Crippen LogP contribution is 2.36. The number of carbonyl (C=O) groups is 2. The Bertz CT molecular complexity index is 924. The molecule has 1 atom stereocenters. The number of piperidine rings is 1. The summed E-state index contributed by atoms with van der Waals surface area (Å²) in [5.41, 5.74) is 8.75. The molecule has 2 aromatic carbocycles. The van der Waals surface area contributed by atoms with Crippen LogP contribution in [0.3, 0.4) is 0 Å². The van der Waals surface area contributed by atoms with E-state index in [1.54, 1.807) is 7.11 Å². The highest BCUT2D eigenvalue weighted by atomic mass is 16.5. The van der Waals surface area contributed by atoms with Gasteiger partial charge in [0.2, 0.25) is 0 Å². The quantitative estimate of drug-likeness (QED) is 0.795. The van der Waals surface area contributed by atoms with E-state index in [-0.39, 0.29) is 17.9 Å². The molecule has 0 bridgehead atoms. The van der Waals surface area contributed by atoms with Crippen molar-refractivity contribution in [2.75, 3.05) is 25.5 Å². The van der Waals surface area contributed by atoms with Gasteiger partial charge in [-0.3, -0.25) is 9.59 Å². The number of likely N-dealkylation sites (tertiary alicyclic amines) is 1. The molecule has 0 radical (unpaired) electrons. The summed E-state index contributed by atoms with van der Waals surface area (Å²) in [6.07, 6.45) is 2.91. The van der Waals surface area contributed by atoms with Crippen molar-refractivity contribution in [1.82, 2.24) is 4.90 Å². The Kier molecular flexibility index (Phi) is 5.90. The molecule has 3 heterocycles. The maximum absolute atomic E-state index is 12.6. The Balaban J connectivity index is 0.000000200. The fraction of sp³-hybridized carbons (Fsp3) is 0.391. The molecule has 30 heavy (non-hydrogen) atoms. The number of benzene rings is 2. The van der Waals surface area contributed by atoms with Crippen molar-refractivity contribution in [2.24, 2.45) is 5.73 Å². The monoisotopic (exact) mass is 409 g/mol.